The SMILES string of the molecule is Cc1nn(-c2cccc(C(F)(F)F)c2)cc1N. The fourth-order valence-electron chi connectivity index (χ4n) is 1.43. The van der Waals surface area contributed by atoms with Gasteiger partial charge < -0.3 is 5.73 Å². The fraction of sp³-hybridized carbons (Fsp3) is 0.182. The van der Waals surface area contributed by atoms with Crippen LogP contribution >= 0.6 is 0 Å². The summed E-state index contributed by atoms with van der Waals surface area (Å²) in [7, 11) is 0. The number of aryl methyl sites for hydroxylation is 1. The molecule has 1 aromatic heterocycles. The van der Waals surface area contributed by atoms with Crippen LogP contribution in [0.1, 0.15) is 11.3 Å². The van der Waals surface area contributed by atoms with Crippen molar-refractivity contribution in [3.63, 3.8) is 0 Å². The lowest BCUT2D eigenvalue weighted by molar-refractivity contribution is -0.137. The van der Waals surface area contributed by atoms with Crippen molar-refractivity contribution in [1.29, 1.82) is 0 Å². The van der Waals surface area contributed by atoms with Gasteiger partial charge in [0.2, 0.25) is 0 Å². The summed E-state index contributed by atoms with van der Waals surface area (Å²) in [5.74, 6) is 0. The van der Waals surface area contributed by atoms with Crippen molar-refractivity contribution in [2.75, 3.05) is 5.73 Å². The number of halogens is 3. The first kappa shape index (κ1) is 11.5. The van der Waals surface area contributed by atoms with Gasteiger partial charge >= 0.3 is 6.18 Å². The van der Waals surface area contributed by atoms with E-state index in [2.05, 4.69) is 5.10 Å². The Hall–Kier alpha value is -1.98. The van der Waals surface area contributed by atoms with Gasteiger partial charge in [-0.1, -0.05) is 6.07 Å². The molecular weight excluding hydrogens is 231 g/mol. The molecule has 2 aromatic rings. The quantitative estimate of drug-likeness (QED) is 0.834. The predicted molar refractivity (Wildman–Crippen MR) is 57.7 cm³/mol. The van der Waals surface area contributed by atoms with E-state index in [-0.39, 0.29) is 0 Å². The summed E-state index contributed by atoms with van der Waals surface area (Å²) >= 11 is 0. The number of nitrogens with two attached hydrogens (primary N) is 1. The molecule has 17 heavy (non-hydrogen) atoms. The van der Waals surface area contributed by atoms with Gasteiger partial charge in [0.15, 0.2) is 0 Å². The third kappa shape index (κ3) is 2.25. The van der Waals surface area contributed by atoms with Crippen LogP contribution in [0, 0.1) is 6.92 Å². The zero-order chi connectivity index (χ0) is 12.6. The van der Waals surface area contributed by atoms with Gasteiger partial charge in [0.25, 0.3) is 0 Å². The monoisotopic (exact) mass is 241 g/mol. The Morgan fingerprint density at radius 3 is 2.53 bits per heavy atom. The van der Waals surface area contributed by atoms with Crippen LogP contribution in [-0.4, -0.2) is 9.78 Å². The largest absolute Gasteiger partial charge is 0.416 e. The molecule has 0 aliphatic heterocycles. The van der Waals surface area contributed by atoms with Crippen molar-refractivity contribution >= 4 is 5.69 Å². The number of anilines is 1. The number of rotatable bonds is 1. The van der Waals surface area contributed by atoms with E-state index >= 15 is 0 Å². The van der Waals surface area contributed by atoms with E-state index in [0.29, 0.717) is 17.1 Å². The number of hydrogen-bond donors (Lipinski definition) is 1. The van der Waals surface area contributed by atoms with Crippen LogP contribution in [0.3, 0.4) is 0 Å². The Labute approximate surface area is 95.7 Å². The van der Waals surface area contributed by atoms with E-state index in [4.69, 9.17) is 5.73 Å². The summed E-state index contributed by atoms with van der Waals surface area (Å²) in [5, 5.41) is 4.03. The first-order valence-corrected chi connectivity index (χ1v) is 4.87. The van der Waals surface area contributed by atoms with E-state index < -0.39 is 11.7 Å². The van der Waals surface area contributed by atoms with Crippen molar-refractivity contribution in [2.24, 2.45) is 0 Å². The molecule has 0 aliphatic carbocycles. The van der Waals surface area contributed by atoms with Crippen molar-refractivity contribution in [3.8, 4) is 5.69 Å². The molecule has 0 aliphatic rings. The van der Waals surface area contributed by atoms with E-state index in [1.807, 2.05) is 0 Å². The molecule has 0 unspecified atom stereocenters. The summed E-state index contributed by atoms with van der Waals surface area (Å²) in [4.78, 5) is 0. The van der Waals surface area contributed by atoms with Crippen LogP contribution < -0.4 is 5.73 Å². The number of alkyl halides is 3. The topological polar surface area (TPSA) is 43.8 Å². The van der Waals surface area contributed by atoms with E-state index in [0.717, 1.165) is 12.1 Å². The highest BCUT2D eigenvalue weighted by molar-refractivity contribution is 5.44. The molecule has 3 nitrogen and oxygen atoms in total. The number of aromatic nitrogens is 2. The highest BCUT2D eigenvalue weighted by atomic mass is 19.4. The summed E-state index contributed by atoms with van der Waals surface area (Å²) in [6.07, 6.45) is -2.87. The zero-order valence-corrected chi connectivity index (χ0v) is 8.99. The summed E-state index contributed by atoms with van der Waals surface area (Å²) in [5.41, 5.74) is 6.25. The van der Waals surface area contributed by atoms with Gasteiger partial charge in [-0.2, -0.15) is 18.3 Å². The Kier molecular flexibility index (Phi) is 2.57. The van der Waals surface area contributed by atoms with Crippen molar-refractivity contribution < 1.29 is 13.2 Å². The van der Waals surface area contributed by atoms with Gasteiger partial charge in [-0.15, -0.1) is 0 Å². The average Bonchev–Trinajstić information content (AvgIpc) is 2.58. The fourth-order valence-corrected chi connectivity index (χ4v) is 1.43. The second kappa shape index (κ2) is 3.80. The Bertz CT molecular complexity index is 524. The van der Waals surface area contributed by atoms with Crippen LogP contribution in [0.15, 0.2) is 30.5 Å². The molecule has 0 atom stereocenters. The van der Waals surface area contributed by atoms with Crippen LogP contribution in [-0.2, 0) is 6.18 Å². The smallest absolute Gasteiger partial charge is 0.396 e. The van der Waals surface area contributed by atoms with Crippen molar-refractivity contribution in [2.45, 2.75) is 13.1 Å². The zero-order valence-electron chi connectivity index (χ0n) is 8.99. The molecule has 0 saturated carbocycles. The summed E-state index contributed by atoms with van der Waals surface area (Å²) in [6, 6.07) is 4.93. The molecule has 0 amide bonds. The standard InChI is InChI=1S/C11H10F3N3/c1-7-10(15)6-17(16-7)9-4-2-3-8(5-9)11(12,13)14/h2-6H,15H2,1H3. The molecule has 6 heteroatoms. The minimum Gasteiger partial charge on any atom is -0.396 e. The number of hydrogen-bond acceptors (Lipinski definition) is 2. The molecule has 90 valence electrons. The third-order valence-electron chi connectivity index (χ3n) is 2.37. The molecule has 0 bridgehead atoms. The van der Waals surface area contributed by atoms with E-state index in [9.17, 15) is 13.2 Å². The van der Waals surface area contributed by atoms with Crippen LogP contribution in [0.5, 0.6) is 0 Å². The van der Waals surface area contributed by atoms with Gasteiger partial charge in [0.1, 0.15) is 0 Å². The minimum atomic E-state index is -4.36. The second-order valence-electron chi connectivity index (χ2n) is 3.66. The lowest BCUT2D eigenvalue weighted by Gasteiger charge is -2.08. The number of nitrogens with zero attached hydrogens (tertiary/aromatic N) is 2. The highest BCUT2D eigenvalue weighted by Crippen LogP contribution is 2.30. The van der Waals surface area contributed by atoms with Crippen molar-refractivity contribution in [1.82, 2.24) is 9.78 Å². The van der Waals surface area contributed by atoms with Gasteiger partial charge in [0, 0.05) is 0 Å². The van der Waals surface area contributed by atoms with Crippen LogP contribution in [0.4, 0.5) is 18.9 Å². The van der Waals surface area contributed by atoms with Crippen molar-refractivity contribution in [3.05, 3.63) is 41.7 Å². The molecular formula is C11H10F3N3. The van der Waals surface area contributed by atoms with Gasteiger partial charge in [-0.05, 0) is 25.1 Å². The van der Waals surface area contributed by atoms with E-state index in [1.165, 1.54) is 16.9 Å². The highest BCUT2D eigenvalue weighted by Gasteiger charge is 2.30. The molecule has 0 saturated heterocycles. The summed E-state index contributed by atoms with van der Waals surface area (Å²) < 4.78 is 38.9. The molecule has 2 rings (SSSR count). The lowest BCUT2D eigenvalue weighted by Crippen LogP contribution is -2.06. The maximum atomic E-state index is 12.5. The Morgan fingerprint density at radius 2 is 2.00 bits per heavy atom. The van der Waals surface area contributed by atoms with Gasteiger partial charge in [0.05, 0.1) is 28.8 Å². The second-order valence-corrected chi connectivity index (χ2v) is 3.66. The predicted octanol–water partition coefficient (Wildman–Crippen LogP) is 2.78. The van der Waals surface area contributed by atoms with Crippen LogP contribution in [0.25, 0.3) is 5.69 Å². The first-order chi connectivity index (χ1) is 7.88. The molecule has 0 fully saturated rings. The number of benzene rings is 1. The normalized spacial score (nSPS) is 11.8. The molecule has 0 radical (unpaired) electrons. The third-order valence-corrected chi connectivity index (χ3v) is 2.37. The summed E-state index contributed by atoms with van der Waals surface area (Å²) in [6.45, 7) is 1.69. The maximum Gasteiger partial charge on any atom is 0.416 e. The maximum absolute atomic E-state index is 12.5. The molecule has 2 N–H and O–H groups in total. The molecule has 1 aromatic carbocycles. The van der Waals surface area contributed by atoms with Gasteiger partial charge in [-0.3, -0.25) is 0 Å². The molecule has 0 spiro atoms. The Morgan fingerprint density at radius 1 is 1.29 bits per heavy atom. The van der Waals surface area contributed by atoms with Gasteiger partial charge in [-0.25, -0.2) is 4.68 Å². The van der Waals surface area contributed by atoms with E-state index in [1.54, 1.807) is 13.0 Å². The first-order valence-electron chi connectivity index (χ1n) is 4.87. The molecule has 1 heterocycles. The number of nitrogen functional groups attached to an aromatic ring is 1. The average molecular weight is 241 g/mol. The minimum absolute atomic E-state index is 0.333. The Balaban J connectivity index is 2.47. The van der Waals surface area contributed by atoms with Crippen LogP contribution in [0.2, 0.25) is 0 Å². The lowest BCUT2D eigenvalue weighted by atomic mass is 10.2.